The van der Waals surface area contributed by atoms with Crippen LogP contribution in [-0.2, 0) is 16.0 Å². The summed E-state index contributed by atoms with van der Waals surface area (Å²) in [7, 11) is 0. The van der Waals surface area contributed by atoms with Gasteiger partial charge in [0.15, 0.2) is 0 Å². The Kier molecular flexibility index (Phi) is 4.17. The van der Waals surface area contributed by atoms with E-state index >= 15 is 0 Å². The van der Waals surface area contributed by atoms with Gasteiger partial charge in [-0.25, -0.2) is 4.39 Å². The van der Waals surface area contributed by atoms with Crippen LogP contribution in [0.3, 0.4) is 0 Å². The highest BCUT2D eigenvalue weighted by atomic mass is 19.1. The Labute approximate surface area is 111 Å². The van der Waals surface area contributed by atoms with Gasteiger partial charge in [-0.2, -0.15) is 0 Å². The quantitative estimate of drug-likeness (QED) is 0.899. The fraction of sp³-hybridized carbons (Fsp3) is 0.500. The Morgan fingerprint density at radius 1 is 1.42 bits per heavy atom. The van der Waals surface area contributed by atoms with Crippen LogP contribution in [0.15, 0.2) is 24.3 Å². The number of benzene rings is 1. The van der Waals surface area contributed by atoms with Gasteiger partial charge in [-0.1, -0.05) is 18.2 Å². The number of hydrogen-bond acceptors (Lipinski definition) is 3. The summed E-state index contributed by atoms with van der Waals surface area (Å²) in [6, 6.07) is 6.32. The van der Waals surface area contributed by atoms with Gasteiger partial charge in [0.1, 0.15) is 11.4 Å². The molecule has 1 N–H and O–H groups in total. The molecule has 1 aromatic rings. The van der Waals surface area contributed by atoms with E-state index in [1.54, 1.807) is 25.1 Å². The van der Waals surface area contributed by atoms with E-state index < -0.39 is 11.5 Å². The van der Waals surface area contributed by atoms with Crippen molar-refractivity contribution in [3.63, 3.8) is 0 Å². The second-order valence-corrected chi connectivity index (χ2v) is 4.95. The van der Waals surface area contributed by atoms with Gasteiger partial charge in [-0.05, 0) is 18.6 Å². The summed E-state index contributed by atoms with van der Waals surface area (Å²) in [6.07, 6.45) is 0.148. The number of nitrogens with zero attached hydrogens (tertiary/aromatic N) is 1. The molecule has 19 heavy (non-hydrogen) atoms. The summed E-state index contributed by atoms with van der Waals surface area (Å²) in [6.45, 7) is 3.78. The predicted molar refractivity (Wildman–Crippen MR) is 68.5 cm³/mol. The maximum absolute atomic E-state index is 13.7. The van der Waals surface area contributed by atoms with Crippen LogP contribution < -0.4 is 0 Å². The molecule has 0 aromatic heterocycles. The van der Waals surface area contributed by atoms with Gasteiger partial charge in [0.05, 0.1) is 13.2 Å². The second kappa shape index (κ2) is 5.67. The van der Waals surface area contributed by atoms with Crippen molar-refractivity contribution in [2.45, 2.75) is 18.9 Å². The summed E-state index contributed by atoms with van der Waals surface area (Å²) in [5.41, 5.74) is -0.676. The van der Waals surface area contributed by atoms with Gasteiger partial charge >= 0.3 is 5.97 Å². The lowest BCUT2D eigenvalue weighted by Gasteiger charge is -2.40. The first-order valence-corrected chi connectivity index (χ1v) is 6.33. The minimum Gasteiger partial charge on any atom is -0.480 e. The highest BCUT2D eigenvalue weighted by Crippen LogP contribution is 2.24. The molecular formula is C14H18FNO3. The molecule has 1 fully saturated rings. The Morgan fingerprint density at radius 3 is 2.63 bits per heavy atom. The van der Waals surface area contributed by atoms with E-state index in [9.17, 15) is 14.3 Å². The largest absolute Gasteiger partial charge is 0.480 e. The second-order valence-electron chi connectivity index (χ2n) is 4.95. The SMILES string of the molecule is CC(Cc1ccccc1F)(C(=O)O)N1CCOCC1. The zero-order valence-corrected chi connectivity index (χ0v) is 10.9. The lowest BCUT2D eigenvalue weighted by atomic mass is 9.90. The van der Waals surface area contributed by atoms with Crippen molar-refractivity contribution < 1.29 is 19.0 Å². The molecule has 1 saturated heterocycles. The topological polar surface area (TPSA) is 49.8 Å². The highest BCUT2D eigenvalue weighted by Gasteiger charge is 2.40. The molecule has 1 unspecified atom stereocenters. The fourth-order valence-corrected chi connectivity index (χ4v) is 2.39. The lowest BCUT2D eigenvalue weighted by molar-refractivity contribution is -0.153. The third-order valence-electron chi connectivity index (χ3n) is 3.66. The summed E-state index contributed by atoms with van der Waals surface area (Å²) in [5, 5.41) is 9.53. The third-order valence-corrected chi connectivity index (χ3v) is 3.66. The van der Waals surface area contributed by atoms with Crippen LogP contribution in [-0.4, -0.2) is 47.8 Å². The standard InChI is InChI=1S/C14H18FNO3/c1-14(13(17)18,16-6-8-19-9-7-16)10-11-4-2-3-5-12(11)15/h2-5H,6-10H2,1H3,(H,17,18). The van der Waals surface area contributed by atoms with Crippen molar-refractivity contribution in [1.29, 1.82) is 0 Å². The number of carboxylic acids is 1. The molecule has 0 spiro atoms. The van der Waals surface area contributed by atoms with Crippen LogP contribution >= 0.6 is 0 Å². The zero-order valence-electron chi connectivity index (χ0n) is 10.9. The van der Waals surface area contributed by atoms with E-state index in [1.165, 1.54) is 6.07 Å². The molecule has 0 aliphatic carbocycles. The summed E-state index contributed by atoms with van der Waals surface area (Å²) in [4.78, 5) is 13.5. The molecule has 1 aromatic carbocycles. The summed E-state index contributed by atoms with van der Waals surface area (Å²) in [5.74, 6) is -1.29. The zero-order chi connectivity index (χ0) is 13.9. The van der Waals surface area contributed by atoms with Crippen molar-refractivity contribution >= 4 is 5.97 Å². The van der Waals surface area contributed by atoms with Gasteiger partial charge in [0, 0.05) is 19.5 Å². The van der Waals surface area contributed by atoms with E-state index in [1.807, 2.05) is 4.90 Å². The minimum atomic E-state index is -1.11. The third kappa shape index (κ3) is 2.93. The molecule has 1 atom stereocenters. The van der Waals surface area contributed by atoms with Crippen LogP contribution in [0.2, 0.25) is 0 Å². The van der Waals surface area contributed by atoms with Crippen LogP contribution in [0, 0.1) is 5.82 Å². The average molecular weight is 267 g/mol. The van der Waals surface area contributed by atoms with E-state index in [2.05, 4.69) is 0 Å². The average Bonchev–Trinajstić information content (AvgIpc) is 2.42. The smallest absolute Gasteiger partial charge is 0.324 e. The molecule has 2 rings (SSSR count). The van der Waals surface area contributed by atoms with Crippen LogP contribution in [0.4, 0.5) is 4.39 Å². The maximum Gasteiger partial charge on any atom is 0.324 e. The molecule has 104 valence electrons. The van der Waals surface area contributed by atoms with Crippen molar-refractivity contribution in [2.24, 2.45) is 0 Å². The first-order chi connectivity index (χ1) is 9.04. The Hall–Kier alpha value is -1.46. The number of carboxylic acid groups (broad SMARTS) is 1. The number of aliphatic carboxylic acids is 1. The molecule has 0 saturated carbocycles. The van der Waals surface area contributed by atoms with Crippen molar-refractivity contribution in [2.75, 3.05) is 26.3 Å². The van der Waals surface area contributed by atoms with Crippen LogP contribution in [0.1, 0.15) is 12.5 Å². The maximum atomic E-state index is 13.7. The Bertz CT molecular complexity index is 460. The molecule has 5 heteroatoms. The number of halogens is 1. The van der Waals surface area contributed by atoms with E-state index in [-0.39, 0.29) is 12.2 Å². The predicted octanol–water partition coefficient (Wildman–Crippen LogP) is 1.54. The summed E-state index contributed by atoms with van der Waals surface area (Å²) < 4.78 is 19.0. The van der Waals surface area contributed by atoms with E-state index in [4.69, 9.17) is 4.74 Å². The molecule has 0 bridgehead atoms. The van der Waals surface area contributed by atoms with Gasteiger partial charge < -0.3 is 9.84 Å². The van der Waals surface area contributed by atoms with Gasteiger partial charge in [0.2, 0.25) is 0 Å². The Balaban J connectivity index is 2.24. The first kappa shape index (κ1) is 14.0. The number of ether oxygens (including phenoxy) is 1. The summed E-state index contributed by atoms with van der Waals surface area (Å²) >= 11 is 0. The molecule has 0 radical (unpaired) electrons. The number of hydrogen-bond donors (Lipinski definition) is 1. The van der Waals surface area contributed by atoms with Gasteiger partial charge in [-0.15, -0.1) is 0 Å². The molecule has 1 aliphatic heterocycles. The number of carbonyl (C=O) groups is 1. The van der Waals surface area contributed by atoms with Crippen LogP contribution in [0.25, 0.3) is 0 Å². The van der Waals surface area contributed by atoms with E-state index in [0.717, 1.165) is 0 Å². The minimum absolute atomic E-state index is 0.148. The lowest BCUT2D eigenvalue weighted by Crippen LogP contribution is -2.57. The molecule has 4 nitrogen and oxygen atoms in total. The molecule has 1 heterocycles. The van der Waals surface area contributed by atoms with Gasteiger partial charge in [0.25, 0.3) is 0 Å². The molecular weight excluding hydrogens is 249 g/mol. The Morgan fingerprint density at radius 2 is 2.05 bits per heavy atom. The van der Waals surface area contributed by atoms with Gasteiger partial charge in [-0.3, -0.25) is 9.69 Å². The monoisotopic (exact) mass is 267 g/mol. The molecule has 0 amide bonds. The fourth-order valence-electron chi connectivity index (χ4n) is 2.39. The van der Waals surface area contributed by atoms with E-state index in [0.29, 0.717) is 31.9 Å². The van der Waals surface area contributed by atoms with Crippen molar-refractivity contribution in [3.8, 4) is 0 Å². The van der Waals surface area contributed by atoms with Crippen LogP contribution in [0.5, 0.6) is 0 Å². The molecule has 1 aliphatic rings. The van der Waals surface area contributed by atoms with Crippen molar-refractivity contribution in [1.82, 2.24) is 4.90 Å². The first-order valence-electron chi connectivity index (χ1n) is 6.33. The number of rotatable bonds is 4. The normalized spacial score (nSPS) is 19.9. The number of morpholine rings is 1. The highest BCUT2D eigenvalue weighted by molar-refractivity contribution is 5.78. The van der Waals surface area contributed by atoms with Crippen molar-refractivity contribution in [3.05, 3.63) is 35.6 Å².